The van der Waals surface area contributed by atoms with Gasteiger partial charge >= 0.3 is 5.97 Å². The molecule has 9 aliphatic rings. The van der Waals surface area contributed by atoms with Crippen LogP contribution in [0.1, 0.15) is 176 Å². The number of carbonyl (C=O) groups excluding carboxylic acids is 2. The molecule has 5 N–H and O–H groups in total. The first kappa shape index (κ1) is 46.4. The fourth-order valence-electron chi connectivity index (χ4n) is 14.8. The van der Waals surface area contributed by atoms with Crippen LogP contribution >= 0.6 is 21.6 Å². The van der Waals surface area contributed by atoms with Crippen molar-refractivity contribution in [3.8, 4) is 11.5 Å². The number of allylic oxidation sites excluding steroid dienone is 1. The Bertz CT molecular complexity index is 2160. The van der Waals surface area contributed by atoms with Crippen LogP contribution in [-0.4, -0.2) is 74.5 Å². The zero-order valence-corrected chi connectivity index (χ0v) is 40.9. The number of aromatic hydroxyl groups is 1. The van der Waals surface area contributed by atoms with Gasteiger partial charge in [0.2, 0.25) is 5.91 Å². The predicted molar refractivity (Wildman–Crippen MR) is 264 cm³/mol. The summed E-state index contributed by atoms with van der Waals surface area (Å²) in [6.07, 6.45) is 25.0. The molecule has 0 radical (unpaired) electrons. The Labute approximate surface area is 400 Å². The number of aliphatic hydroxyl groups is 1. The van der Waals surface area contributed by atoms with Gasteiger partial charge in [0.15, 0.2) is 17.5 Å². The first-order valence-electron chi connectivity index (χ1n) is 25.8. The Morgan fingerprint density at radius 2 is 1.74 bits per heavy atom. The quantitative estimate of drug-likeness (QED) is 0.130. The number of hydrogen-bond acceptors (Lipinski definition) is 11. The molecule has 2 aromatic rings. The third-order valence-electron chi connectivity index (χ3n) is 18.0. The van der Waals surface area contributed by atoms with Crippen molar-refractivity contribution in [3.05, 3.63) is 70.8 Å². The molecule has 9 atom stereocenters. The topological polar surface area (TPSA) is 147 Å². The van der Waals surface area contributed by atoms with Gasteiger partial charge in [-0.05, 0) is 131 Å². The average Bonchev–Trinajstić information content (AvgIpc) is 4.12. The van der Waals surface area contributed by atoms with E-state index in [4.69, 9.17) is 20.2 Å². The molecule has 5 fully saturated rings. The molecule has 11 rings (SSSR count). The number of ether oxygens (including phenoxy) is 2. The van der Waals surface area contributed by atoms with E-state index in [2.05, 4.69) is 53.9 Å². The smallest absolute Gasteiger partial charge is 0.302 e. The number of aliphatic imine (C=N–C) groups is 1. The summed E-state index contributed by atoms with van der Waals surface area (Å²) >= 11 is 0. The van der Waals surface area contributed by atoms with Gasteiger partial charge in [0.05, 0.1) is 6.10 Å². The van der Waals surface area contributed by atoms with Gasteiger partial charge in [-0.1, -0.05) is 90.1 Å². The number of guanidine groups is 1. The van der Waals surface area contributed by atoms with Gasteiger partial charge in [0, 0.05) is 78.9 Å². The third kappa shape index (κ3) is 8.79. The first-order valence-corrected chi connectivity index (χ1v) is 28.2. The van der Waals surface area contributed by atoms with Crippen molar-refractivity contribution >= 4 is 39.4 Å². The highest BCUT2D eigenvalue weighted by molar-refractivity contribution is 8.77. The van der Waals surface area contributed by atoms with Gasteiger partial charge in [-0.25, -0.2) is 0 Å². The van der Waals surface area contributed by atoms with Crippen LogP contribution in [0.4, 0.5) is 0 Å². The van der Waals surface area contributed by atoms with E-state index in [0.29, 0.717) is 68.4 Å². The molecule has 1 saturated heterocycles. The van der Waals surface area contributed by atoms with Crippen LogP contribution in [0.25, 0.3) is 0 Å². The second-order valence-electron chi connectivity index (χ2n) is 21.8. The van der Waals surface area contributed by atoms with Gasteiger partial charge < -0.3 is 35.6 Å². The fraction of sp³-hybridized carbons (Fsp3) is 0.685. The van der Waals surface area contributed by atoms with Crippen molar-refractivity contribution in [3.63, 3.8) is 0 Å². The highest BCUT2D eigenvalue weighted by atomic mass is 33.1. The number of phenolic OH excluding ortho intramolecular Hbond substituents is 1. The maximum Gasteiger partial charge on any atom is 0.302 e. The zero-order chi connectivity index (χ0) is 45.5. The SMILES string of the molecule is CC(=O)O[C@@H]1CCc2cc(c(O)c3c2[C@H]2C=C[C@@]4(CCC[C@@H]4C2)O3)CN2C[C@@]3(CC2=O)[C@H](CC[C@@H]3c2ccccc2)CN=C(N)N[C@]2(CCCC23CCCC3)SSCCCCCC[C@H](O)C1. The lowest BCUT2D eigenvalue weighted by atomic mass is 9.68. The molecule has 358 valence electrons. The Hall–Kier alpha value is -3.35. The number of carbonyl (C=O) groups is 2. The maximum absolute atomic E-state index is 14.7. The molecule has 12 heteroatoms. The molecule has 5 aliphatic carbocycles. The maximum atomic E-state index is 14.7. The Kier molecular flexibility index (Phi) is 13.5. The number of benzene rings is 2. The summed E-state index contributed by atoms with van der Waals surface area (Å²) in [6, 6.07) is 12.9. The first-order chi connectivity index (χ1) is 32.0. The fourth-order valence-corrected chi connectivity index (χ4v) is 18.4. The van der Waals surface area contributed by atoms with E-state index in [1.54, 1.807) is 0 Å². The summed E-state index contributed by atoms with van der Waals surface area (Å²) in [5.74, 6) is 2.91. The minimum Gasteiger partial charge on any atom is -0.504 e. The van der Waals surface area contributed by atoms with Crippen LogP contribution in [0.15, 0.2) is 53.5 Å². The molecule has 66 heavy (non-hydrogen) atoms. The van der Waals surface area contributed by atoms with Gasteiger partial charge in [0.1, 0.15) is 16.6 Å². The lowest BCUT2D eigenvalue weighted by Gasteiger charge is -2.44. The number of nitrogens with two attached hydrogens (primary N) is 1. The molecular weight excluding hydrogens is 865 g/mol. The molecule has 4 saturated carbocycles. The summed E-state index contributed by atoms with van der Waals surface area (Å²) in [5.41, 5.74) is 10.5. The third-order valence-corrected chi connectivity index (χ3v) is 21.3. The van der Waals surface area contributed by atoms with Gasteiger partial charge in [-0.3, -0.25) is 14.6 Å². The molecule has 4 spiro atoms. The van der Waals surface area contributed by atoms with Crippen LogP contribution in [0.3, 0.4) is 0 Å². The molecule has 0 aromatic heterocycles. The van der Waals surface area contributed by atoms with E-state index >= 15 is 0 Å². The van der Waals surface area contributed by atoms with Crippen molar-refractivity contribution in [2.75, 3.05) is 18.8 Å². The lowest BCUT2D eigenvalue weighted by Crippen LogP contribution is -2.55. The monoisotopic (exact) mass is 939 g/mol. The number of phenols is 1. The largest absolute Gasteiger partial charge is 0.504 e. The number of rotatable bonds is 2. The number of amides is 1. The number of nitrogens with zero attached hydrogens (tertiary/aromatic N) is 2. The Balaban J connectivity index is 0.999. The van der Waals surface area contributed by atoms with E-state index in [9.17, 15) is 19.8 Å². The molecule has 1 amide bonds. The van der Waals surface area contributed by atoms with E-state index < -0.39 is 17.8 Å². The second kappa shape index (κ2) is 19.2. The number of nitrogens with one attached hydrogen (secondary N) is 1. The lowest BCUT2D eigenvalue weighted by molar-refractivity contribution is -0.148. The number of fused-ring (bicyclic) bond motifs is 4. The molecule has 0 unspecified atom stereocenters. The minimum absolute atomic E-state index is 0.0982. The number of aliphatic hydroxyl groups excluding tert-OH is 1. The van der Waals surface area contributed by atoms with Crippen molar-refractivity contribution in [2.24, 2.45) is 33.4 Å². The zero-order valence-electron chi connectivity index (χ0n) is 39.3. The van der Waals surface area contributed by atoms with Crippen molar-refractivity contribution in [1.29, 1.82) is 0 Å². The normalized spacial score (nSPS) is 36.0. The highest BCUT2D eigenvalue weighted by Gasteiger charge is 2.59. The van der Waals surface area contributed by atoms with Crippen LogP contribution in [0.5, 0.6) is 11.5 Å². The Morgan fingerprint density at radius 1 is 0.924 bits per heavy atom. The second-order valence-corrected chi connectivity index (χ2v) is 24.5. The van der Waals surface area contributed by atoms with Gasteiger partial charge in [-0.15, -0.1) is 0 Å². The molecular formula is C54H74N4O6S2. The molecule has 4 aliphatic heterocycles. The Morgan fingerprint density at radius 3 is 2.58 bits per heavy atom. The summed E-state index contributed by atoms with van der Waals surface area (Å²) in [7, 11) is 4.00. The standard InChI is InChI=1S/C54H74N4O6S2/c1-36(59)63-44-19-17-38-29-40(48(62)49-47(38)39-21-27-53(64-49)25-11-15-41(53)30-39)34-58-35-52(32-46(58)61)42(18-20-45(52)37-13-5-4-6-14-37)33-56-50(55)57-54(26-12-24-51(54)22-8-9-23-51)66-65-28-10-3-2-7-16-43(60)31-44/h4-6,13-14,21,27,29,39,41-45,60,62H,2-3,7-12,15-20,22-26,28,30-35H2,1H3,(H3,55,56,57)/t39-,41+,42+,43-,44+,45+,52-,53+,54+/m0/s1. The summed E-state index contributed by atoms with van der Waals surface area (Å²) in [4.78, 5) is 34.3. The molecule has 2 aromatic carbocycles. The van der Waals surface area contributed by atoms with E-state index in [1.807, 2.05) is 26.5 Å². The van der Waals surface area contributed by atoms with Crippen LogP contribution in [0.2, 0.25) is 0 Å². The van der Waals surface area contributed by atoms with E-state index in [0.717, 1.165) is 87.5 Å². The summed E-state index contributed by atoms with van der Waals surface area (Å²) in [5, 5.41) is 27.7. The van der Waals surface area contributed by atoms with E-state index in [-0.39, 0.29) is 57.6 Å². The van der Waals surface area contributed by atoms with Crippen molar-refractivity contribution in [1.82, 2.24) is 10.2 Å². The van der Waals surface area contributed by atoms with Gasteiger partial charge in [-0.2, -0.15) is 0 Å². The number of aryl methyl sites for hydroxylation is 1. The van der Waals surface area contributed by atoms with Crippen LogP contribution < -0.4 is 15.8 Å². The molecule has 4 heterocycles. The number of esters is 1. The number of hydrogen-bond donors (Lipinski definition) is 4. The minimum atomic E-state index is -0.568. The summed E-state index contributed by atoms with van der Waals surface area (Å²) < 4.78 is 13.0. The predicted octanol–water partition coefficient (Wildman–Crippen LogP) is 10.6. The van der Waals surface area contributed by atoms with Crippen LogP contribution in [-0.2, 0) is 27.3 Å². The van der Waals surface area contributed by atoms with Crippen LogP contribution in [0, 0.1) is 22.7 Å². The highest BCUT2D eigenvalue weighted by Crippen LogP contribution is 2.64. The molecule has 10 nitrogen and oxygen atoms in total. The molecule has 6 bridgehead atoms. The van der Waals surface area contributed by atoms with Crippen molar-refractivity contribution in [2.45, 2.75) is 189 Å². The summed E-state index contributed by atoms with van der Waals surface area (Å²) in [6.45, 7) is 2.88. The van der Waals surface area contributed by atoms with Gasteiger partial charge in [0.25, 0.3) is 0 Å². The van der Waals surface area contributed by atoms with E-state index in [1.165, 1.54) is 51.0 Å². The average molecular weight is 939 g/mol. The van der Waals surface area contributed by atoms with Crippen molar-refractivity contribution < 1.29 is 29.3 Å².